The molecule has 0 bridgehead atoms. The number of sulfonamides is 1. The molecule has 1 aromatic carbocycles. The molecule has 3 rings (SSSR count). The third kappa shape index (κ3) is 4.26. The molecule has 1 aromatic heterocycles. The molecule has 1 N–H and O–H groups in total. The SMILES string of the molecule is C[C@@H](Cn1cncn1)NC(=O)c1cccc(S(=O)(=O)N2CCOCC2)c1. The van der Waals surface area contributed by atoms with E-state index in [0.29, 0.717) is 38.4 Å². The lowest BCUT2D eigenvalue weighted by Crippen LogP contribution is -2.40. The molecule has 2 aromatic rings. The minimum atomic E-state index is -3.64. The van der Waals surface area contributed by atoms with Crippen molar-refractivity contribution in [2.75, 3.05) is 26.3 Å². The number of hydrogen-bond donors (Lipinski definition) is 1. The molecule has 0 spiro atoms. The summed E-state index contributed by atoms with van der Waals surface area (Å²) in [6.45, 7) is 3.69. The van der Waals surface area contributed by atoms with Gasteiger partial charge in [0, 0.05) is 24.7 Å². The Kier molecular flexibility index (Phi) is 5.64. The van der Waals surface area contributed by atoms with Crippen LogP contribution in [0.1, 0.15) is 17.3 Å². The fourth-order valence-electron chi connectivity index (χ4n) is 2.69. The van der Waals surface area contributed by atoms with Gasteiger partial charge in [0.1, 0.15) is 12.7 Å². The molecular formula is C16H21N5O4S. The third-order valence-electron chi connectivity index (χ3n) is 4.01. The topological polar surface area (TPSA) is 106 Å². The molecule has 1 amide bonds. The van der Waals surface area contributed by atoms with Gasteiger partial charge in [0.15, 0.2) is 0 Å². The van der Waals surface area contributed by atoms with Gasteiger partial charge < -0.3 is 10.1 Å². The molecule has 0 radical (unpaired) electrons. The summed E-state index contributed by atoms with van der Waals surface area (Å²) < 4.78 is 33.6. The normalized spacial score (nSPS) is 17.0. The van der Waals surface area contributed by atoms with E-state index in [1.54, 1.807) is 23.1 Å². The maximum absolute atomic E-state index is 12.7. The van der Waals surface area contributed by atoms with E-state index in [9.17, 15) is 13.2 Å². The third-order valence-corrected chi connectivity index (χ3v) is 5.90. The number of nitrogens with one attached hydrogen (secondary N) is 1. The standard InChI is InChI=1S/C16H21N5O4S/c1-13(10-20-12-17-11-18-20)19-16(22)14-3-2-4-15(9-14)26(23,24)21-5-7-25-8-6-21/h2-4,9,11-13H,5-8,10H2,1H3,(H,19,22)/t13-/m0/s1. The summed E-state index contributed by atoms with van der Waals surface area (Å²) in [5.41, 5.74) is 0.296. The van der Waals surface area contributed by atoms with Gasteiger partial charge in [-0.1, -0.05) is 6.07 Å². The molecule has 1 fully saturated rings. The average Bonchev–Trinajstić information content (AvgIpc) is 3.15. The second-order valence-corrected chi connectivity index (χ2v) is 7.97. The van der Waals surface area contributed by atoms with Crippen molar-refractivity contribution in [3.63, 3.8) is 0 Å². The van der Waals surface area contributed by atoms with Crippen LogP contribution in [0, 0.1) is 0 Å². The van der Waals surface area contributed by atoms with Crippen molar-refractivity contribution in [1.82, 2.24) is 24.4 Å². The van der Waals surface area contributed by atoms with Crippen LogP contribution in [0.3, 0.4) is 0 Å². The van der Waals surface area contributed by atoms with Gasteiger partial charge in [0.05, 0.1) is 24.7 Å². The van der Waals surface area contributed by atoms with Crippen LogP contribution in [-0.4, -0.2) is 65.7 Å². The van der Waals surface area contributed by atoms with Crippen LogP contribution in [0.2, 0.25) is 0 Å². The van der Waals surface area contributed by atoms with Crippen molar-refractivity contribution in [3.05, 3.63) is 42.5 Å². The molecule has 1 aliphatic rings. The van der Waals surface area contributed by atoms with Crippen LogP contribution >= 0.6 is 0 Å². The number of aromatic nitrogens is 3. The number of ether oxygens (including phenoxy) is 1. The number of benzene rings is 1. The highest BCUT2D eigenvalue weighted by atomic mass is 32.2. The zero-order chi connectivity index (χ0) is 18.6. The van der Waals surface area contributed by atoms with Gasteiger partial charge in [0.25, 0.3) is 5.91 Å². The summed E-state index contributed by atoms with van der Waals surface area (Å²) in [6, 6.07) is 5.88. The highest BCUT2D eigenvalue weighted by Crippen LogP contribution is 2.18. The molecule has 2 heterocycles. The first kappa shape index (κ1) is 18.5. The van der Waals surface area contributed by atoms with Crippen LogP contribution in [0.5, 0.6) is 0 Å². The van der Waals surface area contributed by atoms with Gasteiger partial charge in [-0.15, -0.1) is 0 Å². The highest BCUT2D eigenvalue weighted by molar-refractivity contribution is 7.89. The molecule has 140 valence electrons. The van der Waals surface area contributed by atoms with Crippen LogP contribution in [-0.2, 0) is 21.3 Å². The van der Waals surface area contributed by atoms with Crippen LogP contribution in [0.25, 0.3) is 0 Å². The van der Waals surface area contributed by atoms with Crippen molar-refractivity contribution in [1.29, 1.82) is 0 Å². The van der Waals surface area contributed by atoms with Crippen molar-refractivity contribution < 1.29 is 17.9 Å². The van der Waals surface area contributed by atoms with E-state index in [-0.39, 0.29) is 16.8 Å². The first-order valence-electron chi connectivity index (χ1n) is 8.28. The number of rotatable bonds is 6. The Balaban J connectivity index is 1.70. The molecule has 0 unspecified atom stereocenters. The van der Waals surface area contributed by atoms with Crippen molar-refractivity contribution in [2.45, 2.75) is 24.4 Å². The molecule has 1 atom stereocenters. The van der Waals surface area contributed by atoms with Crippen molar-refractivity contribution in [2.24, 2.45) is 0 Å². The maximum Gasteiger partial charge on any atom is 0.251 e. The Morgan fingerprint density at radius 1 is 1.35 bits per heavy atom. The first-order valence-corrected chi connectivity index (χ1v) is 9.72. The zero-order valence-corrected chi connectivity index (χ0v) is 15.2. The van der Waals surface area contributed by atoms with Crippen molar-refractivity contribution >= 4 is 15.9 Å². The van der Waals surface area contributed by atoms with Gasteiger partial charge in [-0.3, -0.25) is 9.48 Å². The van der Waals surface area contributed by atoms with Crippen LogP contribution < -0.4 is 5.32 Å². The van der Waals surface area contributed by atoms with Crippen LogP contribution in [0.4, 0.5) is 0 Å². The molecule has 1 aliphatic heterocycles. The summed E-state index contributed by atoms with van der Waals surface area (Å²) in [6.07, 6.45) is 2.99. The molecule has 9 nitrogen and oxygen atoms in total. The number of hydrogen-bond acceptors (Lipinski definition) is 6. The van der Waals surface area contributed by atoms with Crippen molar-refractivity contribution in [3.8, 4) is 0 Å². The predicted octanol–water partition coefficient (Wildman–Crippen LogP) is 0.118. The highest BCUT2D eigenvalue weighted by Gasteiger charge is 2.27. The second kappa shape index (κ2) is 7.94. The van der Waals surface area contributed by atoms with E-state index in [1.165, 1.54) is 22.8 Å². The Labute approximate surface area is 152 Å². The second-order valence-electron chi connectivity index (χ2n) is 6.04. The number of amides is 1. The Morgan fingerprint density at radius 3 is 2.81 bits per heavy atom. The van der Waals surface area contributed by atoms with E-state index in [4.69, 9.17) is 4.74 Å². The molecule has 1 saturated heterocycles. The lowest BCUT2D eigenvalue weighted by atomic mass is 10.2. The fourth-order valence-corrected chi connectivity index (χ4v) is 4.15. The summed E-state index contributed by atoms with van der Waals surface area (Å²) in [5, 5.41) is 6.83. The quantitative estimate of drug-likeness (QED) is 0.764. The largest absolute Gasteiger partial charge is 0.379 e. The monoisotopic (exact) mass is 379 g/mol. The average molecular weight is 379 g/mol. The van der Waals surface area contributed by atoms with Gasteiger partial charge in [-0.05, 0) is 25.1 Å². The fraction of sp³-hybridized carbons (Fsp3) is 0.438. The van der Waals surface area contributed by atoms with E-state index in [0.717, 1.165) is 0 Å². The lowest BCUT2D eigenvalue weighted by Gasteiger charge is -2.26. The smallest absolute Gasteiger partial charge is 0.251 e. The lowest BCUT2D eigenvalue weighted by molar-refractivity contribution is 0.0730. The van der Waals surface area contributed by atoms with E-state index >= 15 is 0 Å². The summed E-state index contributed by atoms with van der Waals surface area (Å²) >= 11 is 0. The molecule has 0 saturated carbocycles. The van der Waals surface area contributed by atoms with E-state index < -0.39 is 10.0 Å². The first-order chi connectivity index (χ1) is 12.5. The summed E-state index contributed by atoms with van der Waals surface area (Å²) in [7, 11) is -3.64. The van der Waals surface area contributed by atoms with E-state index in [1.807, 2.05) is 6.92 Å². The van der Waals surface area contributed by atoms with Gasteiger partial charge >= 0.3 is 0 Å². The molecule has 10 heteroatoms. The summed E-state index contributed by atoms with van der Waals surface area (Å²) in [4.78, 5) is 16.4. The maximum atomic E-state index is 12.7. The Hall–Kier alpha value is -2.30. The molecule has 26 heavy (non-hydrogen) atoms. The zero-order valence-electron chi connectivity index (χ0n) is 14.4. The van der Waals surface area contributed by atoms with Crippen LogP contribution in [0.15, 0.2) is 41.8 Å². The molecular weight excluding hydrogens is 358 g/mol. The van der Waals surface area contributed by atoms with Gasteiger partial charge in [-0.2, -0.15) is 9.40 Å². The number of carbonyl (C=O) groups excluding carboxylic acids is 1. The Morgan fingerprint density at radius 2 is 2.12 bits per heavy atom. The van der Waals surface area contributed by atoms with Gasteiger partial charge in [0.2, 0.25) is 10.0 Å². The predicted molar refractivity (Wildman–Crippen MR) is 93.0 cm³/mol. The van der Waals surface area contributed by atoms with Gasteiger partial charge in [-0.25, -0.2) is 13.4 Å². The molecule has 0 aliphatic carbocycles. The number of morpholine rings is 1. The van der Waals surface area contributed by atoms with E-state index in [2.05, 4.69) is 15.4 Å². The minimum Gasteiger partial charge on any atom is -0.379 e. The minimum absolute atomic E-state index is 0.107. The number of nitrogens with zero attached hydrogens (tertiary/aromatic N) is 4. The number of carbonyl (C=O) groups is 1. The Bertz CT molecular complexity index is 847. The summed E-state index contributed by atoms with van der Waals surface area (Å²) in [5.74, 6) is -0.336.